The quantitative estimate of drug-likeness (QED) is 0.423. The molecule has 3 fully saturated rings. The minimum absolute atomic E-state index is 0.113. The van der Waals surface area contributed by atoms with E-state index in [0.29, 0.717) is 12.8 Å². The summed E-state index contributed by atoms with van der Waals surface area (Å²) in [5.74, 6) is -1.61. The predicted molar refractivity (Wildman–Crippen MR) is 99.7 cm³/mol. The van der Waals surface area contributed by atoms with Crippen molar-refractivity contribution in [3.05, 3.63) is 0 Å². The van der Waals surface area contributed by atoms with E-state index in [1.807, 2.05) is 6.92 Å². The van der Waals surface area contributed by atoms with Crippen molar-refractivity contribution in [3.63, 3.8) is 0 Å². The van der Waals surface area contributed by atoms with Crippen LogP contribution in [0.3, 0.4) is 0 Å². The highest BCUT2D eigenvalue weighted by Gasteiger charge is 2.66. The summed E-state index contributed by atoms with van der Waals surface area (Å²) in [6, 6.07) is 0. The molecule has 3 aliphatic heterocycles. The molecule has 3 saturated heterocycles. The molecular formula is C16H22O8S3. The normalized spacial score (nSPS) is 33.1. The molecule has 0 amide bonds. The number of esters is 2. The first-order valence-corrected chi connectivity index (χ1v) is 12.0. The van der Waals surface area contributed by atoms with Gasteiger partial charge in [-0.2, -0.15) is 8.42 Å². The molecule has 3 heterocycles. The third-order valence-corrected chi connectivity index (χ3v) is 9.98. The second kappa shape index (κ2) is 7.57. The minimum atomic E-state index is -3.59. The lowest BCUT2D eigenvalue weighted by molar-refractivity contribution is -0.164. The van der Waals surface area contributed by atoms with Gasteiger partial charge in [0.15, 0.2) is 11.7 Å². The molecule has 0 aliphatic carbocycles. The average molecular weight is 439 g/mol. The number of hydrogen-bond acceptors (Lipinski definition) is 10. The summed E-state index contributed by atoms with van der Waals surface area (Å²) in [7, 11) is -3.59. The molecule has 8 nitrogen and oxygen atoms in total. The molecule has 2 bridgehead atoms. The molecule has 0 aromatic heterocycles. The van der Waals surface area contributed by atoms with Gasteiger partial charge in [-0.05, 0) is 12.8 Å². The van der Waals surface area contributed by atoms with Crippen molar-refractivity contribution in [2.24, 2.45) is 5.41 Å². The average Bonchev–Trinajstić information content (AvgIpc) is 3.22. The van der Waals surface area contributed by atoms with Gasteiger partial charge < -0.3 is 9.47 Å². The first kappa shape index (κ1) is 20.9. The Kier molecular flexibility index (Phi) is 5.87. The van der Waals surface area contributed by atoms with Gasteiger partial charge in [0.05, 0.1) is 11.0 Å². The third-order valence-electron chi connectivity index (χ3n) is 5.17. The Bertz CT molecular complexity index is 747. The number of carbonyl (C=O) groups excluding carboxylic acids is 3. The van der Waals surface area contributed by atoms with Gasteiger partial charge in [-0.25, -0.2) is 4.79 Å². The zero-order valence-electron chi connectivity index (χ0n) is 15.2. The maximum Gasteiger partial charge on any atom is 0.344 e. The van der Waals surface area contributed by atoms with Crippen LogP contribution in [0.15, 0.2) is 0 Å². The molecule has 27 heavy (non-hydrogen) atoms. The molecule has 11 heteroatoms. The highest BCUT2D eigenvalue weighted by atomic mass is 32.2. The summed E-state index contributed by atoms with van der Waals surface area (Å²) in [4.78, 5) is 35.7. The monoisotopic (exact) mass is 438 g/mol. The van der Waals surface area contributed by atoms with Crippen LogP contribution in [0.1, 0.15) is 33.6 Å². The molecule has 3 aliphatic rings. The van der Waals surface area contributed by atoms with Crippen molar-refractivity contribution in [1.29, 1.82) is 0 Å². The Morgan fingerprint density at radius 2 is 1.96 bits per heavy atom. The molecule has 152 valence electrons. The Balaban J connectivity index is 1.42. The second-order valence-corrected chi connectivity index (χ2v) is 11.5. The van der Waals surface area contributed by atoms with E-state index in [-0.39, 0.29) is 21.4 Å². The third kappa shape index (κ3) is 4.15. The van der Waals surface area contributed by atoms with E-state index in [2.05, 4.69) is 0 Å². The van der Waals surface area contributed by atoms with Crippen LogP contribution in [0, 0.1) is 5.41 Å². The molecule has 0 aromatic rings. The van der Waals surface area contributed by atoms with E-state index in [9.17, 15) is 22.8 Å². The van der Waals surface area contributed by atoms with Crippen molar-refractivity contribution in [2.45, 2.75) is 61.6 Å². The van der Waals surface area contributed by atoms with Crippen LogP contribution in [0.2, 0.25) is 0 Å². The molecule has 3 rings (SSSR count). The fourth-order valence-electron chi connectivity index (χ4n) is 3.20. The largest absolute Gasteiger partial charge is 0.456 e. The Morgan fingerprint density at radius 3 is 2.63 bits per heavy atom. The van der Waals surface area contributed by atoms with Crippen LogP contribution in [0.5, 0.6) is 0 Å². The summed E-state index contributed by atoms with van der Waals surface area (Å²) in [5.41, 5.74) is -0.525. The predicted octanol–water partition coefficient (Wildman–Crippen LogP) is 1.12. The SMILES string of the molecule is CCC(C)(C)C(=O)SCC(=O)OCC(=O)OC1C2CC3C(S2)C1OS3(=O)=O. The Hall–Kier alpha value is -0.780. The second-order valence-electron chi connectivity index (χ2n) is 7.40. The zero-order chi connectivity index (χ0) is 20.0. The van der Waals surface area contributed by atoms with E-state index in [0.717, 1.165) is 11.8 Å². The first-order valence-electron chi connectivity index (χ1n) is 8.65. The highest BCUT2D eigenvalue weighted by molar-refractivity contribution is 8.14. The van der Waals surface area contributed by atoms with Gasteiger partial charge in [0.2, 0.25) is 0 Å². The van der Waals surface area contributed by atoms with Crippen molar-refractivity contribution < 1.29 is 36.5 Å². The number of fused-ring (bicyclic) bond motifs is 1. The van der Waals surface area contributed by atoms with Crippen LogP contribution in [-0.4, -0.2) is 65.8 Å². The number of carbonyl (C=O) groups is 3. The maximum atomic E-state index is 12.0. The molecule has 0 saturated carbocycles. The summed E-state index contributed by atoms with van der Waals surface area (Å²) < 4.78 is 39.0. The van der Waals surface area contributed by atoms with Gasteiger partial charge in [0, 0.05) is 10.7 Å². The fraction of sp³-hybridized carbons (Fsp3) is 0.812. The number of thioether (sulfide) groups is 2. The van der Waals surface area contributed by atoms with E-state index in [1.165, 1.54) is 11.8 Å². The topological polar surface area (TPSA) is 113 Å². The van der Waals surface area contributed by atoms with Crippen LogP contribution >= 0.6 is 23.5 Å². The number of rotatable bonds is 7. The lowest BCUT2D eigenvalue weighted by Crippen LogP contribution is -2.42. The standard InChI is InChI=1S/C16H22O8S3/c1-4-16(2,3)15(19)25-7-11(18)22-6-10(17)23-12-8-5-9-14(26-8)13(12)24-27(9,20)21/h8-9,12-14H,4-7H2,1-3H3. The lowest BCUT2D eigenvalue weighted by Gasteiger charge is -2.23. The van der Waals surface area contributed by atoms with Gasteiger partial charge in [-0.1, -0.05) is 32.5 Å². The van der Waals surface area contributed by atoms with Crippen LogP contribution in [0.25, 0.3) is 0 Å². The molecule has 5 unspecified atom stereocenters. The molecule has 0 aromatic carbocycles. The maximum absolute atomic E-state index is 12.0. The fourth-order valence-corrected chi connectivity index (χ4v) is 8.21. The molecule has 5 atom stereocenters. The number of hydrogen-bond donors (Lipinski definition) is 0. The van der Waals surface area contributed by atoms with E-state index < -0.39 is 51.5 Å². The Morgan fingerprint density at radius 1 is 1.26 bits per heavy atom. The summed E-state index contributed by atoms with van der Waals surface area (Å²) >= 11 is 2.34. The summed E-state index contributed by atoms with van der Waals surface area (Å²) in [6.07, 6.45) is -0.256. The van der Waals surface area contributed by atoms with Gasteiger partial charge in [-0.15, -0.1) is 11.8 Å². The van der Waals surface area contributed by atoms with Crippen molar-refractivity contribution in [3.8, 4) is 0 Å². The van der Waals surface area contributed by atoms with Crippen molar-refractivity contribution in [2.75, 3.05) is 12.4 Å². The first-order chi connectivity index (χ1) is 12.5. The highest BCUT2D eigenvalue weighted by Crippen LogP contribution is 2.55. The van der Waals surface area contributed by atoms with Gasteiger partial charge in [-0.3, -0.25) is 13.8 Å². The molecular weight excluding hydrogens is 416 g/mol. The molecule has 0 spiro atoms. The van der Waals surface area contributed by atoms with Crippen LogP contribution in [-0.2, 0) is 38.2 Å². The smallest absolute Gasteiger partial charge is 0.344 e. The van der Waals surface area contributed by atoms with Gasteiger partial charge in [0.1, 0.15) is 17.5 Å². The lowest BCUT2D eigenvalue weighted by atomic mass is 9.92. The van der Waals surface area contributed by atoms with Crippen molar-refractivity contribution in [1.82, 2.24) is 0 Å². The van der Waals surface area contributed by atoms with E-state index >= 15 is 0 Å². The summed E-state index contributed by atoms with van der Waals surface area (Å²) in [5, 5.41) is -0.957. The van der Waals surface area contributed by atoms with E-state index in [1.54, 1.807) is 13.8 Å². The zero-order valence-corrected chi connectivity index (χ0v) is 17.7. The van der Waals surface area contributed by atoms with Crippen molar-refractivity contribution >= 4 is 50.7 Å². The van der Waals surface area contributed by atoms with Gasteiger partial charge in [0.25, 0.3) is 10.1 Å². The Labute approximate surface area is 166 Å². The van der Waals surface area contributed by atoms with E-state index in [4.69, 9.17) is 13.7 Å². The van der Waals surface area contributed by atoms with Gasteiger partial charge >= 0.3 is 11.9 Å². The number of ether oxygens (including phenoxy) is 2. The van der Waals surface area contributed by atoms with Crippen LogP contribution in [0.4, 0.5) is 0 Å². The molecule has 0 N–H and O–H groups in total. The molecule has 0 radical (unpaired) electrons. The van der Waals surface area contributed by atoms with Crippen LogP contribution < -0.4 is 0 Å². The minimum Gasteiger partial charge on any atom is -0.456 e. The summed E-state index contributed by atoms with van der Waals surface area (Å²) in [6.45, 7) is 4.91.